The van der Waals surface area contributed by atoms with Crippen LogP contribution in [0.5, 0.6) is 0 Å². The molecule has 2 N–H and O–H groups in total. The molecule has 0 bridgehead atoms. The molecule has 4 nitrogen and oxygen atoms in total. The normalized spacial score (nSPS) is 10.4. The van der Waals surface area contributed by atoms with E-state index in [0.29, 0.717) is 10.8 Å². The van der Waals surface area contributed by atoms with Crippen LogP contribution < -0.4 is 5.73 Å². The van der Waals surface area contributed by atoms with Crippen molar-refractivity contribution in [2.75, 3.05) is 5.73 Å². The highest BCUT2D eigenvalue weighted by atomic mass is 35.5. The van der Waals surface area contributed by atoms with Gasteiger partial charge in [0.1, 0.15) is 5.69 Å². The first kappa shape index (κ1) is 13.7. The minimum absolute atomic E-state index is 0.0581. The lowest BCUT2D eigenvalue weighted by Gasteiger charge is -2.07. The van der Waals surface area contributed by atoms with Crippen LogP contribution in [0.3, 0.4) is 0 Å². The van der Waals surface area contributed by atoms with Crippen molar-refractivity contribution in [1.82, 2.24) is 0 Å². The number of nitrogens with two attached hydrogens (primary N) is 1. The van der Waals surface area contributed by atoms with E-state index in [1.807, 2.05) is 18.2 Å². The van der Waals surface area contributed by atoms with Crippen LogP contribution in [0, 0.1) is 10.1 Å². The summed E-state index contributed by atoms with van der Waals surface area (Å²) in [5, 5.41) is 11.5. The van der Waals surface area contributed by atoms with Crippen molar-refractivity contribution < 1.29 is 4.92 Å². The molecule has 0 saturated carbocycles. The van der Waals surface area contributed by atoms with Crippen LogP contribution in [-0.2, 0) is 5.75 Å². The van der Waals surface area contributed by atoms with Crippen molar-refractivity contribution in [3.8, 4) is 0 Å². The van der Waals surface area contributed by atoms with E-state index in [9.17, 15) is 10.1 Å². The van der Waals surface area contributed by atoms with Gasteiger partial charge in [0.15, 0.2) is 0 Å². The molecule has 0 aromatic heterocycles. The number of hydrogen-bond acceptors (Lipinski definition) is 4. The van der Waals surface area contributed by atoms with Gasteiger partial charge in [-0.3, -0.25) is 10.1 Å². The molecule has 98 valence electrons. The van der Waals surface area contributed by atoms with Crippen LogP contribution in [0.1, 0.15) is 5.56 Å². The third kappa shape index (κ3) is 3.19. The van der Waals surface area contributed by atoms with E-state index in [0.717, 1.165) is 10.5 Å². The summed E-state index contributed by atoms with van der Waals surface area (Å²) in [6.07, 6.45) is 0. The van der Waals surface area contributed by atoms with Crippen molar-refractivity contribution in [3.05, 3.63) is 63.2 Å². The number of halogens is 1. The molecule has 0 atom stereocenters. The van der Waals surface area contributed by atoms with Crippen LogP contribution in [0.15, 0.2) is 47.4 Å². The average Bonchev–Trinajstić information content (AvgIpc) is 2.39. The Balaban J connectivity index is 2.19. The molecule has 2 aromatic rings. The molecule has 0 aliphatic heterocycles. The number of anilines is 1. The van der Waals surface area contributed by atoms with Crippen LogP contribution >= 0.6 is 23.4 Å². The van der Waals surface area contributed by atoms with Crippen molar-refractivity contribution >= 4 is 34.7 Å². The van der Waals surface area contributed by atoms with Gasteiger partial charge in [-0.2, -0.15) is 0 Å². The highest BCUT2D eigenvalue weighted by Gasteiger charge is 2.14. The topological polar surface area (TPSA) is 69.2 Å². The molecule has 0 fully saturated rings. The zero-order valence-corrected chi connectivity index (χ0v) is 11.4. The van der Waals surface area contributed by atoms with Gasteiger partial charge in [0.05, 0.1) is 9.95 Å². The third-order valence-electron chi connectivity index (χ3n) is 2.59. The van der Waals surface area contributed by atoms with Gasteiger partial charge < -0.3 is 5.73 Å². The Labute approximate surface area is 119 Å². The lowest BCUT2D eigenvalue weighted by Crippen LogP contribution is -1.99. The number of hydrogen-bond donors (Lipinski definition) is 1. The number of nitrogens with zero attached hydrogens (tertiary/aromatic N) is 1. The van der Waals surface area contributed by atoms with Crippen molar-refractivity contribution in [1.29, 1.82) is 0 Å². The second-order valence-electron chi connectivity index (χ2n) is 3.83. The van der Waals surface area contributed by atoms with Gasteiger partial charge in [0.2, 0.25) is 0 Å². The van der Waals surface area contributed by atoms with Gasteiger partial charge in [-0.15, -0.1) is 11.8 Å². The number of rotatable bonds is 4. The highest BCUT2D eigenvalue weighted by Crippen LogP contribution is 2.33. The summed E-state index contributed by atoms with van der Waals surface area (Å²) in [7, 11) is 0. The number of nitrogen functional groups attached to an aromatic ring is 1. The summed E-state index contributed by atoms with van der Waals surface area (Å²) in [4.78, 5) is 11.3. The molecule has 0 saturated heterocycles. The maximum Gasteiger partial charge on any atom is 0.292 e. The van der Waals surface area contributed by atoms with Crippen molar-refractivity contribution in [3.63, 3.8) is 0 Å². The van der Waals surface area contributed by atoms with Crippen LogP contribution in [-0.4, -0.2) is 4.92 Å². The zero-order chi connectivity index (χ0) is 13.8. The molecular weight excluding hydrogens is 284 g/mol. The first-order valence-electron chi connectivity index (χ1n) is 5.48. The molecule has 19 heavy (non-hydrogen) atoms. The quantitative estimate of drug-likeness (QED) is 0.398. The smallest absolute Gasteiger partial charge is 0.292 e. The minimum Gasteiger partial charge on any atom is -0.393 e. The first-order chi connectivity index (χ1) is 9.09. The Morgan fingerprint density at radius 3 is 2.63 bits per heavy atom. The lowest BCUT2D eigenvalue weighted by molar-refractivity contribution is -0.383. The Bertz CT molecular complexity index is 619. The van der Waals surface area contributed by atoms with Gasteiger partial charge in [0, 0.05) is 16.7 Å². The molecule has 2 aromatic carbocycles. The number of nitro groups is 1. The standard InChI is InChI=1S/C13H11ClN2O2S/c14-10-5-1-2-7-12(10)19-8-9-4-3-6-11(13(9)15)16(17)18/h1-7H,8,15H2. The van der Waals surface area contributed by atoms with E-state index >= 15 is 0 Å². The fourth-order valence-corrected chi connectivity index (χ4v) is 2.84. The Kier molecular flexibility index (Phi) is 4.29. The van der Waals surface area contributed by atoms with Crippen molar-refractivity contribution in [2.45, 2.75) is 10.6 Å². The Morgan fingerprint density at radius 1 is 1.21 bits per heavy atom. The van der Waals surface area contributed by atoms with E-state index in [4.69, 9.17) is 17.3 Å². The van der Waals surface area contributed by atoms with Gasteiger partial charge in [-0.1, -0.05) is 35.9 Å². The summed E-state index contributed by atoms with van der Waals surface area (Å²) < 4.78 is 0. The van der Waals surface area contributed by atoms with E-state index < -0.39 is 4.92 Å². The summed E-state index contributed by atoms with van der Waals surface area (Å²) in [5.41, 5.74) is 6.69. The largest absolute Gasteiger partial charge is 0.393 e. The first-order valence-corrected chi connectivity index (χ1v) is 6.85. The van der Waals surface area contributed by atoms with Gasteiger partial charge in [-0.25, -0.2) is 0 Å². The number of thioether (sulfide) groups is 1. The second-order valence-corrected chi connectivity index (χ2v) is 5.25. The Hall–Kier alpha value is -1.72. The minimum atomic E-state index is -0.473. The summed E-state index contributed by atoms with van der Waals surface area (Å²) in [6, 6.07) is 12.3. The van der Waals surface area contributed by atoms with E-state index in [-0.39, 0.29) is 11.4 Å². The monoisotopic (exact) mass is 294 g/mol. The van der Waals surface area contributed by atoms with Crippen molar-refractivity contribution in [2.24, 2.45) is 0 Å². The van der Waals surface area contributed by atoms with Gasteiger partial charge >= 0.3 is 0 Å². The fourth-order valence-electron chi connectivity index (χ4n) is 1.60. The molecule has 2 rings (SSSR count). The maximum absolute atomic E-state index is 10.8. The summed E-state index contributed by atoms with van der Waals surface area (Å²) in [5.74, 6) is 0.539. The third-order valence-corrected chi connectivity index (χ3v) is 4.15. The molecule has 0 unspecified atom stereocenters. The lowest BCUT2D eigenvalue weighted by atomic mass is 10.2. The molecular formula is C13H11ClN2O2S. The van der Waals surface area contributed by atoms with E-state index in [2.05, 4.69) is 0 Å². The summed E-state index contributed by atoms with van der Waals surface area (Å²) >= 11 is 7.55. The second kappa shape index (κ2) is 5.95. The number of benzene rings is 2. The Morgan fingerprint density at radius 2 is 1.95 bits per heavy atom. The predicted molar refractivity (Wildman–Crippen MR) is 78.5 cm³/mol. The summed E-state index contributed by atoms with van der Waals surface area (Å²) in [6.45, 7) is 0. The molecule has 0 aliphatic carbocycles. The van der Waals surface area contributed by atoms with Gasteiger partial charge in [-0.05, 0) is 17.7 Å². The van der Waals surface area contributed by atoms with Crippen LogP contribution in [0.25, 0.3) is 0 Å². The fraction of sp³-hybridized carbons (Fsp3) is 0.0769. The van der Waals surface area contributed by atoms with Crippen LogP contribution in [0.4, 0.5) is 11.4 Å². The molecule has 0 radical (unpaired) electrons. The number of para-hydroxylation sites is 1. The molecule has 0 spiro atoms. The van der Waals surface area contributed by atoms with E-state index in [1.54, 1.807) is 18.2 Å². The van der Waals surface area contributed by atoms with Crippen LogP contribution in [0.2, 0.25) is 5.02 Å². The highest BCUT2D eigenvalue weighted by molar-refractivity contribution is 7.98. The average molecular weight is 295 g/mol. The maximum atomic E-state index is 10.8. The molecule has 0 aliphatic rings. The van der Waals surface area contributed by atoms with E-state index in [1.165, 1.54) is 17.8 Å². The molecule has 6 heteroatoms. The SMILES string of the molecule is Nc1c(CSc2ccccc2Cl)cccc1[N+](=O)[O-]. The zero-order valence-electron chi connectivity index (χ0n) is 9.88. The predicted octanol–water partition coefficient (Wildman–Crippen LogP) is 4.12. The van der Waals surface area contributed by atoms with Gasteiger partial charge in [0.25, 0.3) is 5.69 Å². The molecule has 0 heterocycles. The number of nitro benzene ring substituents is 1. The molecule has 0 amide bonds.